The molecule has 2 fully saturated rings. The van der Waals surface area contributed by atoms with Gasteiger partial charge in [0.15, 0.2) is 5.69 Å². The molecule has 7 heteroatoms. The maximum atomic E-state index is 12.9. The highest BCUT2D eigenvalue weighted by Crippen LogP contribution is 2.25. The van der Waals surface area contributed by atoms with E-state index in [-0.39, 0.29) is 18.1 Å². The summed E-state index contributed by atoms with van der Waals surface area (Å²) in [5.41, 5.74) is 0.295. The average Bonchev–Trinajstić information content (AvgIpc) is 2.55. The van der Waals surface area contributed by atoms with Crippen LogP contribution in [0.2, 0.25) is 5.02 Å². The second-order valence-corrected chi connectivity index (χ2v) is 6.18. The number of piperidine rings is 1. The van der Waals surface area contributed by atoms with Crippen molar-refractivity contribution in [2.24, 2.45) is 0 Å². The highest BCUT2D eigenvalue weighted by molar-refractivity contribution is 6.33. The summed E-state index contributed by atoms with van der Waals surface area (Å²) in [6, 6.07) is 0.0706. The lowest BCUT2D eigenvalue weighted by Gasteiger charge is -2.46. The number of likely N-dealkylation sites (tertiary alicyclic amines) is 1. The lowest BCUT2D eigenvalue weighted by atomic mass is 9.98. The Balaban J connectivity index is 1.85. The van der Waals surface area contributed by atoms with Gasteiger partial charge in [-0.2, -0.15) is 0 Å². The number of ether oxygens (including phenoxy) is 1. The molecule has 6 nitrogen and oxygen atoms in total. The van der Waals surface area contributed by atoms with E-state index in [0.29, 0.717) is 29.7 Å². The molecule has 0 aromatic carbocycles. The molecule has 1 aromatic heterocycles. The second kappa shape index (κ2) is 6.48. The number of morpholine rings is 1. The van der Waals surface area contributed by atoms with Crippen molar-refractivity contribution in [1.82, 2.24) is 19.8 Å². The Morgan fingerprint density at radius 1 is 1.50 bits per heavy atom. The van der Waals surface area contributed by atoms with Gasteiger partial charge in [-0.25, -0.2) is 9.97 Å². The standard InChI is InChI=1S/C15H21ClN4O2/c1-3-19-5-4-13-12(9-19)20(6-7-22-13)15(21)14-11(16)8-17-10(2)18-14/h8,12-13H,3-7,9H2,1-2H3/t12-,13+/m0/s1. The molecule has 2 aliphatic rings. The van der Waals surface area contributed by atoms with E-state index in [1.54, 1.807) is 6.92 Å². The van der Waals surface area contributed by atoms with Crippen molar-refractivity contribution < 1.29 is 9.53 Å². The van der Waals surface area contributed by atoms with Gasteiger partial charge in [-0.15, -0.1) is 0 Å². The van der Waals surface area contributed by atoms with Crippen molar-refractivity contribution in [3.63, 3.8) is 0 Å². The zero-order valence-corrected chi connectivity index (χ0v) is 13.7. The van der Waals surface area contributed by atoms with Crippen LogP contribution < -0.4 is 0 Å². The van der Waals surface area contributed by atoms with Gasteiger partial charge in [0.05, 0.1) is 30.0 Å². The summed E-state index contributed by atoms with van der Waals surface area (Å²) in [5, 5.41) is 0.307. The largest absolute Gasteiger partial charge is 0.374 e. The molecule has 2 atom stereocenters. The molecule has 2 saturated heterocycles. The van der Waals surface area contributed by atoms with Crippen LogP contribution in [0.25, 0.3) is 0 Å². The van der Waals surface area contributed by atoms with E-state index in [9.17, 15) is 4.79 Å². The van der Waals surface area contributed by atoms with Crippen LogP contribution in [-0.4, -0.2) is 70.6 Å². The zero-order valence-electron chi connectivity index (χ0n) is 13.0. The number of carbonyl (C=O) groups excluding carboxylic acids is 1. The van der Waals surface area contributed by atoms with Crippen LogP contribution in [0, 0.1) is 6.92 Å². The molecule has 0 saturated carbocycles. The second-order valence-electron chi connectivity index (χ2n) is 5.77. The van der Waals surface area contributed by atoms with Crippen molar-refractivity contribution in [2.45, 2.75) is 32.4 Å². The monoisotopic (exact) mass is 324 g/mol. The van der Waals surface area contributed by atoms with Gasteiger partial charge < -0.3 is 14.5 Å². The van der Waals surface area contributed by atoms with Gasteiger partial charge in [-0.1, -0.05) is 18.5 Å². The first-order chi connectivity index (χ1) is 10.6. The average molecular weight is 325 g/mol. The van der Waals surface area contributed by atoms with E-state index < -0.39 is 0 Å². The number of aryl methyl sites for hydroxylation is 1. The van der Waals surface area contributed by atoms with Crippen LogP contribution in [0.1, 0.15) is 29.7 Å². The summed E-state index contributed by atoms with van der Waals surface area (Å²) in [7, 11) is 0. The minimum Gasteiger partial charge on any atom is -0.374 e. The third kappa shape index (κ3) is 2.95. The summed E-state index contributed by atoms with van der Waals surface area (Å²) in [4.78, 5) is 25.4. The fourth-order valence-corrected chi connectivity index (χ4v) is 3.39. The Kier molecular flexibility index (Phi) is 4.61. The molecule has 22 heavy (non-hydrogen) atoms. The molecule has 120 valence electrons. The number of hydrogen-bond acceptors (Lipinski definition) is 5. The van der Waals surface area contributed by atoms with Crippen molar-refractivity contribution in [2.75, 3.05) is 32.8 Å². The van der Waals surface area contributed by atoms with Gasteiger partial charge in [0, 0.05) is 19.6 Å². The lowest BCUT2D eigenvalue weighted by Crippen LogP contribution is -2.61. The first-order valence-electron chi connectivity index (χ1n) is 7.74. The van der Waals surface area contributed by atoms with Crippen LogP contribution >= 0.6 is 11.6 Å². The predicted molar refractivity (Wildman–Crippen MR) is 83.1 cm³/mol. The van der Waals surface area contributed by atoms with Crippen LogP contribution in [0.15, 0.2) is 6.20 Å². The Morgan fingerprint density at radius 2 is 2.32 bits per heavy atom. The van der Waals surface area contributed by atoms with Gasteiger partial charge in [-0.3, -0.25) is 4.79 Å². The Bertz CT molecular complexity index is 568. The molecular weight excluding hydrogens is 304 g/mol. The van der Waals surface area contributed by atoms with E-state index >= 15 is 0 Å². The molecule has 0 radical (unpaired) electrons. The number of aromatic nitrogens is 2. The summed E-state index contributed by atoms with van der Waals surface area (Å²) in [6.45, 7) is 7.90. The van der Waals surface area contributed by atoms with E-state index in [0.717, 1.165) is 26.1 Å². The fraction of sp³-hybridized carbons (Fsp3) is 0.667. The van der Waals surface area contributed by atoms with Crippen LogP contribution in [-0.2, 0) is 4.74 Å². The molecule has 0 unspecified atom stereocenters. The maximum Gasteiger partial charge on any atom is 0.274 e. The predicted octanol–water partition coefficient (Wildman–Crippen LogP) is 1.37. The smallest absolute Gasteiger partial charge is 0.274 e. The SMILES string of the molecule is CCN1CC[C@H]2OCCN(C(=O)c3nc(C)ncc3Cl)[C@H]2C1. The summed E-state index contributed by atoms with van der Waals surface area (Å²) >= 11 is 6.13. The number of hydrogen-bond donors (Lipinski definition) is 0. The Morgan fingerprint density at radius 3 is 3.09 bits per heavy atom. The topological polar surface area (TPSA) is 58.6 Å². The number of likely N-dealkylation sites (N-methyl/N-ethyl adjacent to an activating group) is 1. The first kappa shape index (κ1) is 15.6. The van der Waals surface area contributed by atoms with Crippen LogP contribution in [0.4, 0.5) is 0 Å². The number of rotatable bonds is 2. The summed E-state index contributed by atoms with van der Waals surface area (Å²) in [6.07, 6.45) is 2.56. The number of fused-ring (bicyclic) bond motifs is 1. The minimum atomic E-state index is -0.119. The number of carbonyl (C=O) groups is 1. The molecular formula is C15H21ClN4O2. The summed E-state index contributed by atoms with van der Waals surface area (Å²) < 4.78 is 5.86. The lowest BCUT2D eigenvalue weighted by molar-refractivity contribution is -0.0897. The highest BCUT2D eigenvalue weighted by atomic mass is 35.5. The molecule has 2 aliphatic heterocycles. The first-order valence-corrected chi connectivity index (χ1v) is 8.12. The molecule has 3 heterocycles. The van der Waals surface area contributed by atoms with Crippen LogP contribution in [0.5, 0.6) is 0 Å². The van der Waals surface area contributed by atoms with Crippen molar-refractivity contribution in [3.8, 4) is 0 Å². The third-order valence-corrected chi connectivity index (χ3v) is 4.72. The molecule has 0 N–H and O–H groups in total. The normalized spacial score (nSPS) is 25.9. The quantitative estimate of drug-likeness (QED) is 0.822. The molecule has 0 aliphatic carbocycles. The van der Waals surface area contributed by atoms with Crippen LogP contribution in [0.3, 0.4) is 0 Å². The highest BCUT2D eigenvalue weighted by Gasteiger charge is 2.39. The zero-order chi connectivity index (χ0) is 15.7. The van der Waals surface area contributed by atoms with Gasteiger partial charge in [0.1, 0.15) is 5.82 Å². The number of amides is 1. The number of halogens is 1. The minimum absolute atomic E-state index is 0.0706. The van der Waals surface area contributed by atoms with E-state index in [2.05, 4.69) is 21.8 Å². The summed E-state index contributed by atoms with van der Waals surface area (Å²) in [5.74, 6) is 0.433. The van der Waals surface area contributed by atoms with Gasteiger partial charge in [0.2, 0.25) is 0 Å². The maximum absolute atomic E-state index is 12.9. The van der Waals surface area contributed by atoms with Crippen molar-refractivity contribution in [3.05, 3.63) is 22.7 Å². The molecule has 0 bridgehead atoms. The number of nitrogens with zero attached hydrogens (tertiary/aromatic N) is 4. The fourth-order valence-electron chi connectivity index (χ4n) is 3.22. The van der Waals surface area contributed by atoms with Gasteiger partial charge in [0.25, 0.3) is 5.91 Å². The van der Waals surface area contributed by atoms with E-state index in [4.69, 9.17) is 16.3 Å². The van der Waals surface area contributed by atoms with Crippen molar-refractivity contribution in [1.29, 1.82) is 0 Å². The van der Waals surface area contributed by atoms with Gasteiger partial charge >= 0.3 is 0 Å². The molecule has 1 amide bonds. The van der Waals surface area contributed by atoms with E-state index in [1.165, 1.54) is 6.20 Å². The molecule has 3 rings (SSSR count). The Hall–Kier alpha value is -1.24. The molecule has 0 spiro atoms. The third-order valence-electron chi connectivity index (χ3n) is 4.44. The van der Waals surface area contributed by atoms with E-state index in [1.807, 2.05) is 4.90 Å². The Labute approximate surface area is 135 Å². The van der Waals surface area contributed by atoms with Gasteiger partial charge in [-0.05, 0) is 19.9 Å². The van der Waals surface area contributed by atoms with Crippen molar-refractivity contribution >= 4 is 17.5 Å². The molecule has 1 aromatic rings.